The monoisotopic (exact) mass is 354 g/mol. The minimum atomic E-state index is -4.53. The van der Waals surface area contributed by atoms with Gasteiger partial charge in [-0.2, -0.15) is 13.2 Å². The fourth-order valence-electron chi connectivity index (χ4n) is 1.38. The Hall–Kier alpha value is -2.06. The summed E-state index contributed by atoms with van der Waals surface area (Å²) in [6, 6.07) is 4.81. The Morgan fingerprint density at radius 3 is 2.18 bits per heavy atom. The number of aromatic nitrogens is 2. The van der Waals surface area contributed by atoms with E-state index in [-0.39, 0.29) is 30.4 Å². The second kappa shape index (κ2) is 7.81. The number of carbonyl (C=O) groups excluding carboxylic acids is 1. The minimum absolute atomic E-state index is 0. The van der Waals surface area contributed by atoms with Crippen LogP contribution in [0.5, 0.6) is 0 Å². The predicted octanol–water partition coefficient (Wildman–Crippen LogP) is 3.17. The van der Waals surface area contributed by atoms with Crippen LogP contribution in [-0.4, -0.2) is 15.9 Å². The molecule has 2 rings (SSSR count). The summed E-state index contributed by atoms with van der Waals surface area (Å²) in [4.78, 5) is 18.7. The molecule has 0 unspecified atom stereocenters. The van der Waals surface area contributed by atoms with Gasteiger partial charge in [-0.1, -0.05) is 0 Å². The van der Waals surface area contributed by atoms with E-state index in [9.17, 15) is 18.0 Å². The molecule has 120 valence electrons. The highest BCUT2D eigenvalue weighted by Crippen LogP contribution is 2.27. The minimum Gasteiger partial charge on any atom is -0.384 e. The lowest BCUT2D eigenvalue weighted by molar-refractivity contribution is -0.141. The molecule has 2 aromatic heterocycles. The van der Waals surface area contributed by atoms with Crippen molar-refractivity contribution in [2.45, 2.75) is 6.18 Å². The molecule has 3 N–H and O–H groups in total. The number of rotatable bonds is 2. The second-order valence-electron chi connectivity index (χ2n) is 3.86. The van der Waals surface area contributed by atoms with E-state index in [2.05, 4.69) is 15.3 Å². The Balaban J connectivity index is 0.00000220. The number of pyridine rings is 2. The van der Waals surface area contributed by atoms with Crippen molar-refractivity contribution in [2.24, 2.45) is 0 Å². The van der Waals surface area contributed by atoms with Gasteiger partial charge in [-0.05, 0) is 24.3 Å². The molecular weight excluding hydrogens is 344 g/mol. The summed E-state index contributed by atoms with van der Waals surface area (Å²) >= 11 is 0. The van der Waals surface area contributed by atoms with Crippen molar-refractivity contribution in [3.8, 4) is 0 Å². The van der Waals surface area contributed by atoms with Gasteiger partial charge in [0, 0.05) is 6.20 Å². The average molecular weight is 355 g/mol. The van der Waals surface area contributed by atoms with E-state index in [1.165, 1.54) is 18.3 Å². The zero-order chi connectivity index (χ0) is 14.8. The van der Waals surface area contributed by atoms with Crippen molar-refractivity contribution < 1.29 is 18.0 Å². The van der Waals surface area contributed by atoms with E-state index < -0.39 is 17.8 Å². The molecule has 0 fully saturated rings. The molecule has 0 atom stereocenters. The van der Waals surface area contributed by atoms with Crippen LogP contribution in [0.25, 0.3) is 0 Å². The van der Waals surface area contributed by atoms with Crippen molar-refractivity contribution in [3.05, 3.63) is 47.9 Å². The fraction of sp³-hybridized carbons (Fsp3) is 0.0833. The molecule has 2 heterocycles. The quantitative estimate of drug-likeness (QED) is 0.867. The van der Waals surface area contributed by atoms with Crippen LogP contribution in [0, 0.1) is 0 Å². The molecule has 5 nitrogen and oxygen atoms in total. The maximum atomic E-state index is 12.3. The lowest BCUT2D eigenvalue weighted by Gasteiger charge is -2.07. The number of carbonyl (C=O) groups is 1. The largest absolute Gasteiger partial charge is 0.433 e. The Labute approximate surface area is 136 Å². The van der Waals surface area contributed by atoms with Gasteiger partial charge in [-0.15, -0.1) is 24.8 Å². The third-order valence-electron chi connectivity index (χ3n) is 2.36. The van der Waals surface area contributed by atoms with Gasteiger partial charge in [0.15, 0.2) is 0 Å². The van der Waals surface area contributed by atoms with E-state index in [0.29, 0.717) is 11.5 Å². The Morgan fingerprint density at radius 2 is 1.73 bits per heavy atom. The average Bonchev–Trinajstić information content (AvgIpc) is 2.40. The normalized spacial score (nSPS) is 10.1. The van der Waals surface area contributed by atoms with Gasteiger partial charge in [0.05, 0.1) is 17.4 Å². The lowest BCUT2D eigenvalue weighted by Crippen LogP contribution is -2.14. The first-order valence-corrected chi connectivity index (χ1v) is 5.42. The van der Waals surface area contributed by atoms with E-state index in [0.717, 1.165) is 18.3 Å². The molecule has 0 saturated carbocycles. The number of halogens is 5. The number of anilines is 2. The molecular formula is C12H11Cl2F3N4O. The molecule has 0 aromatic carbocycles. The number of nitrogens with zero attached hydrogens (tertiary/aromatic N) is 2. The van der Waals surface area contributed by atoms with Crippen LogP contribution in [0.15, 0.2) is 36.7 Å². The number of amides is 1. The maximum Gasteiger partial charge on any atom is 0.433 e. The molecule has 22 heavy (non-hydrogen) atoms. The Morgan fingerprint density at radius 1 is 1.05 bits per heavy atom. The Bertz CT molecular complexity index is 618. The van der Waals surface area contributed by atoms with E-state index in [4.69, 9.17) is 5.73 Å². The van der Waals surface area contributed by atoms with Gasteiger partial charge in [-0.25, -0.2) is 4.98 Å². The molecule has 0 spiro atoms. The molecule has 0 aliphatic carbocycles. The number of alkyl halides is 3. The van der Waals surface area contributed by atoms with Gasteiger partial charge in [0.25, 0.3) is 5.91 Å². The zero-order valence-electron chi connectivity index (χ0n) is 10.8. The number of nitrogens with one attached hydrogen (secondary N) is 1. The topological polar surface area (TPSA) is 80.9 Å². The van der Waals surface area contributed by atoms with Crippen LogP contribution in [-0.2, 0) is 6.18 Å². The highest BCUT2D eigenvalue weighted by molar-refractivity contribution is 6.03. The predicted molar refractivity (Wildman–Crippen MR) is 80.3 cm³/mol. The Kier molecular flexibility index (Phi) is 7.08. The molecule has 0 saturated heterocycles. The maximum absolute atomic E-state index is 12.3. The van der Waals surface area contributed by atoms with Crippen molar-refractivity contribution in [3.63, 3.8) is 0 Å². The van der Waals surface area contributed by atoms with Crippen molar-refractivity contribution in [1.82, 2.24) is 9.97 Å². The van der Waals surface area contributed by atoms with Gasteiger partial charge in [0.1, 0.15) is 11.5 Å². The lowest BCUT2D eigenvalue weighted by atomic mass is 10.2. The second-order valence-corrected chi connectivity index (χ2v) is 3.86. The summed E-state index contributed by atoms with van der Waals surface area (Å²) in [5.41, 5.74) is 4.72. The number of hydrogen-bond acceptors (Lipinski definition) is 4. The number of nitrogen functional groups attached to an aromatic ring is 1. The molecule has 1 amide bonds. The molecule has 0 bridgehead atoms. The summed E-state index contributed by atoms with van der Waals surface area (Å²) in [5, 5.41) is 2.47. The van der Waals surface area contributed by atoms with Gasteiger partial charge in [0.2, 0.25) is 0 Å². The zero-order valence-corrected chi connectivity index (χ0v) is 12.4. The van der Waals surface area contributed by atoms with E-state index >= 15 is 0 Å². The fourth-order valence-corrected chi connectivity index (χ4v) is 1.38. The highest BCUT2D eigenvalue weighted by Gasteiger charge is 2.32. The first-order chi connectivity index (χ1) is 9.36. The van der Waals surface area contributed by atoms with Crippen molar-refractivity contribution in [1.29, 1.82) is 0 Å². The summed E-state index contributed by atoms with van der Waals surface area (Å²) in [7, 11) is 0. The third-order valence-corrected chi connectivity index (χ3v) is 2.36. The summed E-state index contributed by atoms with van der Waals surface area (Å²) < 4.78 is 37.0. The summed E-state index contributed by atoms with van der Waals surface area (Å²) in [5.74, 6) is -0.294. The summed E-state index contributed by atoms with van der Waals surface area (Å²) in [6.45, 7) is 0. The number of nitrogens with two attached hydrogens (primary N) is 1. The summed E-state index contributed by atoms with van der Waals surface area (Å²) in [6.07, 6.45) is -2.33. The molecule has 2 aromatic rings. The van der Waals surface area contributed by atoms with Gasteiger partial charge < -0.3 is 11.1 Å². The van der Waals surface area contributed by atoms with Crippen LogP contribution in [0.1, 0.15) is 16.1 Å². The first-order valence-electron chi connectivity index (χ1n) is 5.42. The SMILES string of the molecule is Cl.Cl.Nc1ccc(NC(=O)c2ccc(C(F)(F)F)nc2)cn1. The van der Waals surface area contributed by atoms with Gasteiger partial charge >= 0.3 is 6.18 Å². The number of hydrogen-bond donors (Lipinski definition) is 2. The highest BCUT2D eigenvalue weighted by atomic mass is 35.5. The van der Waals surface area contributed by atoms with Gasteiger partial charge in [-0.3, -0.25) is 9.78 Å². The van der Waals surface area contributed by atoms with Crippen LogP contribution in [0.3, 0.4) is 0 Å². The molecule has 0 aliphatic heterocycles. The standard InChI is InChI=1S/C12H9F3N4O.2ClH/c13-12(14,15)9-3-1-7(5-17-9)11(20)19-8-2-4-10(16)18-6-8;;/h1-6H,(H2,16,18)(H,19,20);2*1H. The van der Waals surface area contributed by atoms with Crippen LogP contribution < -0.4 is 11.1 Å². The molecule has 0 aliphatic rings. The molecule has 10 heteroatoms. The van der Waals surface area contributed by atoms with E-state index in [1.807, 2.05) is 0 Å². The van der Waals surface area contributed by atoms with Crippen LogP contribution >= 0.6 is 24.8 Å². The van der Waals surface area contributed by atoms with E-state index in [1.54, 1.807) is 0 Å². The smallest absolute Gasteiger partial charge is 0.384 e. The molecule has 0 radical (unpaired) electrons. The third kappa shape index (κ3) is 5.05. The van der Waals surface area contributed by atoms with Crippen molar-refractivity contribution in [2.75, 3.05) is 11.1 Å². The first kappa shape index (κ1) is 19.9. The van der Waals surface area contributed by atoms with Crippen molar-refractivity contribution >= 4 is 42.2 Å². The van der Waals surface area contributed by atoms with Crippen LogP contribution in [0.2, 0.25) is 0 Å². The van der Waals surface area contributed by atoms with Crippen LogP contribution in [0.4, 0.5) is 24.7 Å².